The standard InChI is InChI=1S/C11H23NS/c1-3-12(2)9-11(10-13)7-5-4-6-8-11/h13H,3-10H2,1-2H3. The average Bonchev–Trinajstić information content (AvgIpc) is 2.19. The Bertz CT molecular complexity index is 141. The second kappa shape index (κ2) is 5.26. The molecular weight excluding hydrogens is 178 g/mol. The average molecular weight is 201 g/mol. The summed E-state index contributed by atoms with van der Waals surface area (Å²) in [6.07, 6.45) is 7.04. The molecule has 0 spiro atoms. The highest BCUT2D eigenvalue weighted by molar-refractivity contribution is 7.80. The van der Waals surface area contributed by atoms with Gasteiger partial charge in [-0.1, -0.05) is 26.2 Å². The van der Waals surface area contributed by atoms with Crippen LogP contribution in [0, 0.1) is 5.41 Å². The molecule has 0 aliphatic heterocycles. The summed E-state index contributed by atoms with van der Waals surface area (Å²) in [5.74, 6) is 1.07. The smallest absolute Gasteiger partial charge is 0.00426 e. The highest BCUT2D eigenvalue weighted by Crippen LogP contribution is 2.37. The van der Waals surface area contributed by atoms with Crippen LogP contribution in [0.25, 0.3) is 0 Å². The number of rotatable bonds is 4. The van der Waals surface area contributed by atoms with E-state index in [1.807, 2.05) is 0 Å². The van der Waals surface area contributed by atoms with E-state index in [0.29, 0.717) is 5.41 Å². The van der Waals surface area contributed by atoms with E-state index in [-0.39, 0.29) is 0 Å². The molecule has 0 heterocycles. The molecule has 2 heteroatoms. The maximum Gasteiger partial charge on any atom is 0.00426 e. The summed E-state index contributed by atoms with van der Waals surface area (Å²) in [6, 6.07) is 0. The van der Waals surface area contributed by atoms with Crippen LogP contribution in [0.2, 0.25) is 0 Å². The number of hydrogen-bond acceptors (Lipinski definition) is 2. The molecule has 0 aromatic heterocycles. The summed E-state index contributed by atoms with van der Waals surface area (Å²) in [7, 11) is 2.22. The van der Waals surface area contributed by atoms with Crippen molar-refractivity contribution < 1.29 is 0 Å². The minimum Gasteiger partial charge on any atom is -0.306 e. The highest BCUT2D eigenvalue weighted by atomic mass is 32.1. The summed E-state index contributed by atoms with van der Waals surface area (Å²) >= 11 is 4.54. The Balaban J connectivity index is 2.47. The summed E-state index contributed by atoms with van der Waals surface area (Å²) in [5.41, 5.74) is 0.534. The highest BCUT2D eigenvalue weighted by Gasteiger charge is 2.31. The van der Waals surface area contributed by atoms with Crippen molar-refractivity contribution in [3.8, 4) is 0 Å². The minimum atomic E-state index is 0.534. The zero-order valence-electron chi connectivity index (χ0n) is 9.05. The van der Waals surface area contributed by atoms with Crippen LogP contribution in [0.3, 0.4) is 0 Å². The van der Waals surface area contributed by atoms with Gasteiger partial charge < -0.3 is 4.90 Å². The third-order valence-electron chi connectivity index (χ3n) is 3.39. The molecular formula is C11H23NS. The molecule has 13 heavy (non-hydrogen) atoms. The molecule has 0 aromatic rings. The van der Waals surface area contributed by atoms with Gasteiger partial charge in [-0.05, 0) is 37.6 Å². The van der Waals surface area contributed by atoms with Crippen LogP contribution in [-0.4, -0.2) is 30.8 Å². The van der Waals surface area contributed by atoms with Crippen molar-refractivity contribution in [2.75, 3.05) is 25.9 Å². The van der Waals surface area contributed by atoms with Gasteiger partial charge in [-0.25, -0.2) is 0 Å². The third-order valence-corrected chi connectivity index (χ3v) is 4.07. The van der Waals surface area contributed by atoms with Crippen LogP contribution in [0.4, 0.5) is 0 Å². The summed E-state index contributed by atoms with van der Waals surface area (Å²) in [4.78, 5) is 2.43. The molecule has 1 rings (SSSR count). The van der Waals surface area contributed by atoms with E-state index >= 15 is 0 Å². The first-order valence-corrected chi connectivity index (χ1v) is 6.15. The lowest BCUT2D eigenvalue weighted by Gasteiger charge is -2.39. The Morgan fingerprint density at radius 1 is 1.23 bits per heavy atom. The zero-order valence-corrected chi connectivity index (χ0v) is 9.95. The molecule has 1 aliphatic carbocycles. The fraction of sp³-hybridized carbons (Fsp3) is 1.00. The quantitative estimate of drug-likeness (QED) is 0.685. The SMILES string of the molecule is CCN(C)CC1(CS)CCCCC1. The first-order chi connectivity index (χ1) is 6.22. The van der Waals surface area contributed by atoms with Gasteiger partial charge in [-0.3, -0.25) is 0 Å². The second-order valence-electron chi connectivity index (χ2n) is 4.55. The summed E-state index contributed by atoms with van der Waals surface area (Å²) < 4.78 is 0. The van der Waals surface area contributed by atoms with Crippen LogP contribution >= 0.6 is 12.6 Å². The van der Waals surface area contributed by atoms with Gasteiger partial charge in [0, 0.05) is 6.54 Å². The van der Waals surface area contributed by atoms with Crippen molar-refractivity contribution in [2.24, 2.45) is 5.41 Å². The van der Waals surface area contributed by atoms with Gasteiger partial charge in [0.2, 0.25) is 0 Å². The number of thiol groups is 1. The van der Waals surface area contributed by atoms with E-state index in [0.717, 1.165) is 12.3 Å². The molecule has 1 fully saturated rings. The van der Waals surface area contributed by atoms with E-state index in [1.165, 1.54) is 38.6 Å². The van der Waals surface area contributed by atoms with E-state index in [1.54, 1.807) is 0 Å². The lowest BCUT2D eigenvalue weighted by molar-refractivity contribution is 0.148. The maximum absolute atomic E-state index is 4.54. The molecule has 0 N–H and O–H groups in total. The zero-order chi connectivity index (χ0) is 9.73. The van der Waals surface area contributed by atoms with Gasteiger partial charge in [0.15, 0.2) is 0 Å². The number of hydrogen-bond donors (Lipinski definition) is 1. The lowest BCUT2D eigenvalue weighted by atomic mass is 9.75. The summed E-state index contributed by atoms with van der Waals surface area (Å²) in [6.45, 7) is 4.64. The van der Waals surface area contributed by atoms with Gasteiger partial charge in [0.05, 0.1) is 0 Å². The van der Waals surface area contributed by atoms with Crippen molar-refractivity contribution >= 4 is 12.6 Å². The first-order valence-electron chi connectivity index (χ1n) is 5.52. The van der Waals surface area contributed by atoms with Crippen LogP contribution in [0.1, 0.15) is 39.0 Å². The van der Waals surface area contributed by atoms with E-state index in [2.05, 4.69) is 31.5 Å². The maximum atomic E-state index is 4.54. The van der Waals surface area contributed by atoms with Crippen molar-refractivity contribution in [3.63, 3.8) is 0 Å². The Morgan fingerprint density at radius 2 is 1.85 bits per heavy atom. The van der Waals surface area contributed by atoms with Crippen molar-refractivity contribution in [1.82, 2.24) is 4.90 Å². The Kier molecular flexibility index (Phi) is 4.60. The predicted molar refractivity (Wildman–Crippen MR) is 62.5 cm³/mol. The molecule has 0 bridgehead atoms. The van der Waals surface area contributed by atoms with Crippen molar-refractivity contribution in [2.45, 2.75) is 39.0 Å². The molecule has 0 amide bonds. The third kappa shape index (κ3) is 3.17. The molecule has 0 aromatic carbocycles. The van der Waals surface area contributed by atoms with Crippen molar-refractivity contribution in [1.29, 1.82) is 0 Å². The van der Waals surface area contributed by atoms with Gasteiger partial charge in [0.25, 0.3) is 0 Å². The Labute approximate surface area is 88.3 Å². The Hall–Kier alpha value is 0.310. The van der Waals surface area contributed by atoms with Gasteiger partial charge in [-0.15, -0.1) is 0 Å². The lowest BCUT2D eigenvalue weighted by Crippen LogP contribution is -2.38. The second-order valence-corrected chi connectivity index (χ2v) is 4.87. The normalized spacial score (nSPS) is 22.2. The topological polar surface area (TPSA) is 3.24 Å². The van der Waals surface area contributed by atoms with Crippen LogP contribution in [0.5, 0.6) is 0 Å². The van der Waals surface area contributed by atoms with Crippen LogP contribution in [0.15, 0.2) is 0 Å². The van der Waals surface area contributed by atoms with Gasteiger partial charge >= 0.3 is 0 Å². The van der Waals surface area contributed by atoms with Gasteiger partial charge in [-0.2, -0.15) is 12.6 Å². The molecule has 78 valence electrons. The summed E-state index contributed by atoms with van der Waals surface area (Å²) in [5, 5.41) is 0. The van der Waals surface area contributed by atoms with E-state index in [4.69, 9.17) is 0 Å². The minimum absolute atomic E-state index is 0.534. The van der Waals surface area contributed by atoms with Crippen molar-refractivity contribution in [3.05, 3.63) is 0 Å². The molecule has 0 unspecified atom stereocenters. The largest absolute Gasteiger partial charge is 0.306 e. The number of nitrogens with zero attached hydrogens (tertiary/aromatic N) is 1. The van der Waals surface area contributed by atoms with E-state index < -0.39 is 0 Å². The monoisotopic (exact) mass is 201 g/mol. The molecule has 0 radical (unpaired) electrons. The van der Waals surface area contributed by atoms with E-state index in [9.17, 15) is 0 Å². The van der Waals surface area contributed by atoms with Crippen LogP contribution in [-0.2, 0) is 0 Å². The molecule has 0 saturated heterocycles. The first kappa shape index (κ1) is 11.4. The van der Waals surface area contributed by atoms with Gasteiger partial charge in [0.1, 0.15) is 0 Å². The molecule has 1 aliphatic rings. The van der Waals surface area contributed by atoms with Crippen LogP contribution < -0.4 is 0 Å². The molecule has 1 nitrogen and oxygen atoms in total. The fourth-order valence-electron chi connectivity index (χ4n) is 2.35. The molecule has 1 saturated carbocycles. The Morgan fingerprint density at radius 3 is 2.31 bits per heavy atom. The fourth-order valence-corrected chi connectivity index (χ4v) is 2.77. The molecule has 0 atom stereocenters. The predicted octanol–water partition coefficient (Wildman–Crippen LogP) is 2.82.